The molecule has 0 aliphatic carbocycles. The fourth-order valence-electron chi connectivity index (χ4n) is 1.72. The molecule has 0 fully saturated rings. The molecule has 19 heavy (non-hydrogen) atoms. The molecule has 0 saturated carbocycles. The van der Waals surface area contributed by atoms with Gasteiger partial charge < -0.3 is 0 Å². The van der Waals surface area contributed by atoms with Gasteiger partial charge in [-0.1, -0.05) is 34.8 Å². The van der Waals surface area contributed by atoms with E-state index in [2.05, 4.69) is 15.0 Å². The van der Waals surface area contributed by atoms with E-state index in [-0.39, 0.29) is 0 Å². The van der Waals surface area contributed by atoms with Crippen molar-refractivity contribution < 1.29 is 0 Å². The highest BCUT2D eigenvalue weighted by Crippen LogP contribution is 2.30. The van der Waals surface area contributed by atoms with Gasteiger partial charge in [0.2, 0.25) is 0 Å². The molecule has 2 heterocycles. The normalized spacial score (nSPS) is 10.9. The Morgan fingerprint density at radius 2 is 1.58 bits per heavy atom. The number of rotatable bonds is 1. The van der Waals surface area contributed by atoms with E-state index in [4.69, 9.17) is 34.8 Å². The van der Waals surface area contributed by atoms with Gasteiger partial charge in [-0.2, -0.15) is 0 Å². The zero-order valence-electron chi connectivity index (χ0n) is 9.44. The van der Waals surface area contributed by atoms with Crippen molar-refractivity contribution in [1.82, 2.24) is 15.0 Å². The summed E-state index contributed by atoms with van der Waals surface area (Å²) in [7, 11) is 0. The first-order chi connectivity index (χ1) is 9.15. The second-order valence-corrected chi connectivity index (χ2v) is 5.03. The maximum Gasteiger partial charge on any atom is 0.156 e. The summed E-state index contributed by atoms with van der Waals surface area (Å²) in [5.74, 6) is 0. The highest BCUT2D eigenvalue weighted by Gasteiger charge is 2.11. The minimum Gasteiger partial charge on any atom is -0.264 e. The minimum atomic E-state index is 0.305. The molecule has 0 saturated heterocycles. The topological polar surface area (TPSA) is 38.7 Å². The first-order valence-electron chi connectivity index (χ1n) is 5.38. The van der Waals surface area contributed by atoms with Crippen LogP contribution in [-0.2, 0) is 0 Å². The van der Waals surface area contributed by atoms with E-state index in [1.54, 1.807) is 24.5 Å². The number of fused-ring (bicyclic) bond motifs is 1. The van der Waals surface area contributed by atoms with E-state index >= 15 is 0 Å². The molecule has 0 spiro atoms. The van der Waals surface area contributed by atoms with Crippen molar-refractivity contribution in [3.05, 3.63) is 51.9 Å². The fraction of sp³-hybridized carbons (Fsp3) is 0. The van der Waals surface area contributed by atoms with E-state index in [9.17, 15) is 0 Å². The predicted molar refractivity (Wildman–Crippen MR) is 77.8 cm³/mol. The Labute approximate surface area is 124 Å². The zero-order chi connectivity index (χ0) is 13.4. The molecule has 6 heteroatoms. The quantitative estimate of drug-likeness (QED) is 0.656. The van der Waals surface area contributed by atoms with Crippen LogP contribution in [-0.4, -0.2) is 15.0 Å². The van der Waals surface area contributed by atoms with Crippen LogP contribution in [0.2, 0.25) is 15.2 Å². The van der Waals surface area contributed by atoms with E-state index < -0.39 is 0 Å². The number of hydrogen-bond donors (Lipinski definition) is 0. The third-order valence-corrected chi connectivity index (χ3v) is 3.58. The monoisotopic (exact) mass is 309 g/mol. The van der Waals surface area contributed by atoms with Gasteiger partial charge in [0.1, 0.15) is 5.69 Å². The summed E-state index contributed by atoms with van der Waals surface area (Å²) >= 11 is 18.1. The van der Waals surface area contributed by atoms with Crippen molar-refractivity contribution in [3.63, 3.8) is 0 Å². The van der Waals surface area contributed by atoms with E-state index in [1.165, 1.54) is 0 Å². The lowest BCUT2D eigenvalue weighted by molar-refractivity contribution is 1.26. The van der Waals surface area contributed by atoms with Crippen LogP contribution in [0.3, 0.4) is 0 Å². The van der Waals surface area contributed by atoms with Gasteiger partial charge in [0.15, 0.2) is 5.15 Å². The van der Waals surface area contributed by atoms with Crippen LogP contribution in [0.1, 0.15) is 0 Å². The van der Waals surface area contributed by atoms with Gasteiger partial charge in [-0.05, 0) is 24.3 Å². The number of nitrogens with zero attached hydrogens (tertiary/aromatic N) is 3. The molecule has 0 aliphatic heterocycles. The van der Waals surface area contributed by atoms with Crippen LogP contribution in [0.15, 0.2) is 36.7 Å². The van der Waals surface area contributed by atoms with Crippen molar-refractivity contribution >= 4 is 45.8 Å². The molecule has 3 rings (SSSR count). The summed E-state index contributed by atoms with van der Waals surface area (Å²) in [6.07, 6.45) is 3.36. The van der Waals surface area contributed by atoms with Crippen LogP contribution in [0.5, 0.6) is 0 Å². The SMILES string of the molecule is Clc1cc2nc(Cl)c(-c3cccnc3)nc2cc1Cl. The Morgan fingerprint density at radius 3 is 2.21 bits per heavy atom. The minimum absolute atomic E-state index is 0.305. The molecule has 94 valence electrons. The molecular formula is C13H6Cl3N3. The van der Waals surface area contributed by atoms with Crippen LogP contribution in [0, 0.1) is 0 Å². The van der Waals surface area contributed by atoms with E-state index in [1.807, 2.05) is 12.1 Å². The van der Waals surface area contributed by atoms with Gasteiger partial charge in [0, 0.05) is 18.0 Å². The molecule has 0 amide bonds. The molecule has 0 atom stereocenters. The van der Waals surface area contributed by atoms with E-state index in [0.29, 0.717) is 31.9 Å². The lowest BCUT2D eigenvalue weighted by Crippen LogP contribution is -1.92. The zero-order valence-corrected chi connectivity index (χ0v) is 11.7. The van der Waals surface area contributed by atoms with Crippen LogP contribution in [0.4, 0.5) is 0 Å². The summed E-state index contributed by atoms with van der Waals surface area (Å²) in [6.45, 7) is 0. The summed E-state index contributed by atoms with van der Waals surface area (Å²) < 4.78 is 0. The highest BCUT2D eigenvalue weighted by molar-refractivity contribution is 6.42. The number of benzene rings is 1. The van der Waals surface area contributed by atoms with Gasteiger partial charge in [0.05, 0.1) is 21.1 Å². The molecule has 0 bridgehead atoms. The molecule has 3 nitrogen and oxygen atoms in total. The van der Waals surface area contributed by atoms with E-state index in [0.717, 1.165) is 5.56 Å². The first kappa shape index (κ1) is 12.6. The molecule has 0 aliphatic rings. The average Bonchev–Trinajstić information content (AvgIpc) is 2.41. The summed E-state index contributed by atoms with van der Waals surface area (Å²) in [6, 6.07) is 6.99. The number of aromatic nitrogens is 3. The largest absolute Gasteiger partial charge is 0.264 e. The number of pyridine rings is 1. The Hall–Kier alpha value is -1.42. The summed E-state index contributed by atoms with van der Waals surface area (Å²) in [4.78, 5) is 12.8. The van der Waals surface area contributed by atoms with Gasteiger partial charge in [-0.3, -0.25) is 4.98 Å². The number of halogens is 3. The third kappa shape index (κ3) is 2.37. The second-order valence-electron chi connectivity index (χ2n) is 3.86. The van der Waals surface area contributed by atoms with Gasteiger partial charge in [-0.25, -0.2) is 9.97 Å². The van der Waals surface area contributed by atoms with Gasteiger partial charge in [-0.15, -0.1) is 0 Å². The maximum absolute atomic E-state index is 6.15. The molecule has 0 radical (unpaired) electrons. The standard InChI is InChI=1S/C13H6Cl3N3/c14-8-4-10-11(5-9(8)15)19-13(16)12(18-10)7-2-1-3-17-6-7/h1-6H. The van der Waals surface area contributed by atoms with Crippen molar-refractivity contribution in [3.8, 4) is 11.3 Å². The molecular weight excluding hydrogens is 305 g/mol. The molecule has 2 aromatic heterocycles. The number of hydrogen-bond acceptors (Lipinski definition) is 3. The fourth-order valence-corrected chi connectivity index (χ4v) is 2.27. The second kappa shape index (κ2) is 4.93. The molecule has 1 aromatic carbocycles. The van der Waals surface area contributed by atoms with Gasteiger partial charge >= 0.3 is 0 Å². The predicted octanol–water partition coefficient (Wildman–Crippen LogP) is 4.65. The van der Waals surface area contributed by atoms with Crippen LogP contribution < -0.4 is 0 Å². The molecule has 0 N–H and O–H groups in total. The van der Waals surface area contributed by atoms with Crippen molar-refractivity contribution in [2.75, 3.05) is 0 Å². The smallest absolute Gasteiger partial charge is 0.156 e. The Balaban J connectivity index is 2.27. The third-order valence-electron chi connectivity index (χ3n) is 2.60. The molecule has 0 unspecified atom stereocenters. The van der Waals surface area contributed by atoms with Crippen LogP contribution >= 0.6 is 34.8 Å². The maximum atomic E-state index is 6.15. The summed E-state index contributed by atoms with van der Waals surface area (Å²) in [5, 5.41) is 1.16. The van der Waals surface area contributed by atoms with Gasteiger partial charge in [0.25, 0.3) is 0 Å². The summed E-state index contributed by atoms with van der Waals surface area (Å²) in [5.41, 5.74) is 2.61. The lowest BCUT2D eigenvalue weighted by atomic mass is 10.2. The highest BCUT2D eigenvalue weighted by atomic mass is 35.5. The first-order valence-corrected chi connectivity index (χ1v) is 6.51. The Bertz CT molecular complexity index is 760. The average molecular weight is 311 g/mol. The van der Waals surface area contributed by atoms with Crippen molar-refractivity contribution in [2.24, 2.45) is 0 Å². The lowest BCUT2D eigenvalue weighted by Gasteiger charge is -2.06. The molecule has 3 aromatic rings. The Morgan fingerprint density at radius 1 is 0.895 bits per heavy atom. The van der Waals surface area contributed by atoms with Crippen LogP contribution in [0.25, 0.3) is 22.3 Å². The van der Waals surface area contributed by atoms with Crippen molar-refractivity contribution in [1.29, 1.82) is 0 Å². The Kier molecular flexibility index (Phi) is 3.27. The van der Waals surface area contributed by atoms with Crippen molar-refractivity contribution in [2.45, 2.75) is 0 Å².